The summed E-state index contributed by atoms with van der Waals surface area (Å²) in [5.74, 6) is 0. The molecule has 1 nitrogen and oxygen atoms in total. The minimum absolute atomic E-state index is 0.208. The molecule has 1 unspecified atom stereocenters. The lowest BCUT2D eigenvalue weighted by molar-refractivity contribution is 0.444. The van der Waals surface area contributed by atoms with Crippen molar-refractivity contribution in [3.8, 4) is 0 Å². The Labute approximate surface area is 112 Å². The molecule has 0 aliphatic rings. The number of hydrogen-bond donors (Lipinski definition) is 1. The molecule has 2 aromatic rings. The van der Waals surface area contributed by atoms with Crippen LogP contribution in [0.4, 0.5) is 0 Å². The number of thiophene rings is 2. The molecule has 1 atom stereocenters. The third-order valence-corrected chi connectivity index (χ3v) is 5.30. The van der Waals surface area contributed by atoms with Gasteiger partial charge in [0, 0.05) is 27.8 Å². The van der Waals surface area contributed by atoms with E-state index in [1.807, 2.05) is 22.7 Å². The van der Waals surface area contributed by atoms with Crippen molar-refractivity contribution in [2.45, 2.75) is 32.2 Å². The van der Waals surface area contributed by atoms with E-state index in [1.165, 1.54) is 9.75 Å². The zero-order valence-corrected chi connectivity index (χ0v) is 12.2. The zero-order chi connectivity index (χ0) is 12.3. The third-order valence-electron chi connectivity index (χ3n) is 3.01. The third kappa shape index (κ3) is 3.18. The molecule has 0 aliphatic carbocycles. The fourth-order valence-corrected chi connectivity index (χ4v) is 3.41. The molecule has 0 aromatic carbocycles. The van der Waals surface area contributed by atoms with Crippen molar-refractivity contribution in [3.05, 3.63) is 44.8 Å². The summed E-state index contributed by atoms with van der Waals surface area (Å²) in [4.78, 5) is 2.86. The van der Waals surface area contributed by atoms with E-state index in [4.69, 9.17) is 0 Å². The van der Waals surface area contributed by atoms with Crippen LogP contribution in [0, 0.1) is 0 Å². The van der Waals surface area contributed by atoms with Crippen molar-refractivity contribution in [2.75, 3.05) is 6.54 Å². The van der Waals surface area contributed by atoms with Crippen molar-refractivity contribution in [1.29, 1.82) is 0 Å². The number of hydrogen-bond acceptors (Lipinski definition) is 3. The summed E-state index contributed by atoms with van der Waals surface area (Å²) < 4.78 is 0. The first kappa shape index (κ1) is 12.8. The fraction of sp³-hybridized carbons (Fsp3) is 0.429. The molecule has 0 radical (unpaired) electrons. The van der Waals surface area contributed by atoms with Gasteiger partial charge in [0.2, 0.25) is 0 Å². The van der Waals surface area contributed by atoms with E-state index in [1.54, 1.807) is 0 Å². The lowest BCUT2D eigenvalue weighted by Gasteiger charge is -2.26. The molecule has 0 amide bonds. The molecule has 0 bridgehead atoms. The van der Waals surface area contributed by atoms with Crippen LogP contribution in [-0.2, 0) is 5.41 Å². The van der Waals surface area contributed by atoms with E-state index < -0.39 is 0 Å². The molecule has 92 valence electrons. The molecule has 1 N–H and O–H groups in total. The van der Waals surface area contributed by atoms with Gasteiger partial charge < -0.3 is 5.32 Å². The summed E-state index contributed by atoms with van der Waals surface area (Å²) in [5.41, 5.74) is 0.208. The summed E-state index contributed by atoms with van der Waals surface area (Å²) in [6.07, 6.45) is 0. The first-order chi connectivity index (χ1) is 8.09. The second-order valence-electron chi connectivity index (χ2n) is 4.98. The van der Waals surface area contributed by atoms with Gasteiger partial charge in [-0.3, -0.25) is 0 Å². The van der Waals surface area contributed by atoms with E-state index in [2.05, 4.69) is 61.1 Å². The Hall–Kier alpha value is -0.640. The lowest BCUT2D eigenvalue weighted by atomic mass is 9.91. The van der Waals surface area contributed by atoms with Gasteiger partial charge in [-0.25, -0.2) is 0 Å². The van der Waals surface area contributed by atoms with E-state index in [0.29, 0.717) is 6.04 Å². The monoisotopic (exact) mass is 265 g/mol. The summed E-state index contributed by atoms with van der Waals surface area (Å²) >= 11 is 3.66. The van der Waals surface area contributed by atoms with Crippen molar-refractivity contribution < 1.29 is 0 Å². The predicted octanol–water partition coefficient (Wildman–Crippen LogP) is 4.44. The van der Waals surface area contributed by atoms with Gasteiger partial charge in [-0.1, -0.05) is 26.0 Å². The van der Waals surface area contributed by atoms with E-state index in [0.717, 1.165) is 6.54 Å². The highest BCUT2D eigenvalue weighted by Gasteiger charge is 2.22. The Morgan fingerprint density at radius 3 is 2.47 bits per heavy atom. The molecule has 0 aliphatic heterocycles. The van der Waals surface area contributed by atoms with Crippen molar-refractivity contribution in [3.63, 3.8) is 0 Å². The first-order valence-electron chi connectivity index (χ1n) is 5.90. The highest BCUT2D eigenvalue weighted by Crippen LogP contribution is 2.28. The average molecular weight is 265 g/mol. The van der Waals surface area contributed by atoms with Gasteiger partial charge in [0.05, 0.1) is 0 Å². The fourth-order valence-electron chi connectivity index (χ4n) is 1.80. The molecule has 0 fully saturated rings. The van der Waals surface area contributed by atoms with E-state index in [9.17, 15) is 0 Å². The first-order valence-corrected chi connectivity index (χ1v) is 7.66. The molecule has 2 heterocycles. The summed E-state index contributed by atoms with van der Waals surface area (Å²) in [5, 5.41) is 7.92. The maximum Gasteiger partial charge on any atom is 0.0386 e. The number of rotatable bonds is 5. The van der Waals surface area contributed by atoms with Crippen LogP contribution in [-0.4, -0.2) is 6.54 Å². The van der Waals surface area contributed by atoms with Gasteiger partial charge in [0.15, 0.2) is 0 Å². The largest absolute Gasteiger partial charge is 0.309 e. The van der Waals surface area contributed by atoms with Crippen molar-refractivity contribution in [1.82, 2.24) is 5.32 Å². The van der Waals surface area contributed by atoms with E-state index in [-0.39, 0.29) is 5.41 Å². The molecule has 0 saturated heterocycles. The van der Waals surface area contributed by atoms with Crippen molar-refractivity contribution in [2.24, 2.45) is 0 Å². The SMILES string of the molecule is CC(NCC(C)(C)c1cccs1)c1cccs1. The molecule has 0 saturated carbocycles. The Bertz CT molecular complexity index is 429. The Morgan fingerprint density at radius 1 is 1.18 bits per heavy atom. The molecule has 3 heteroatoms. The van der Waals surface area contributed by atoms with Crippen molar-refractivity contribution >= 4 is 22.7 Å². The molecular formula is C14H19NS2. The van der Waals surface area contributed by atoms with Crippen LogP contribution in [0.15, 0.2) is 35.0 Å². The second-order valence-corrected chi connectivity index (χ2v) is 6.91. The highest BCUT2D eigenvalue weighted by molar-refractivity contribution is 7.10. The smallest absolute Gasteiger partial charge is 0.0386 e. The van der Waals surface area contributed by atoms with Gasteiger partial charge in [0.1, 0.15) is 0 Å². The Kier molecular flexibility index (Phi) is 4.02. The minimum atomic E-state index is 0.208. The second kappa shape index (κ2) is 5.34. The maximum atomic E-state index is 3.63. The Balaban J connectivity index is 1.94. The molecule has 2 aromatic heterocycles. The van der Waals surface area contributed by atoms with Crippen LogP contribution < -0.4 is 5.32 Å². The summed E-state index contributed by atoms with van der Waals surface area (Å²) in [6, 6.07) is 9.10. The molecule has 0 spiro atoms. The van der Waals surface area contributed by atoms with E-state index >= 15 is 0 Å². The van der Waals surface area contributed by atoms with Gasteiger partial charge in [0.25, 0.3) is 0 Å². The number of nitrogens with one attached hydrogen (secondary N) is 1. The lowest BCUT2D eigenvalue weighted by Crippen LogP contribution is -2.33. The maximum absolute atomic E-state index is 3.63. The molecular weight excluding hydrogens is 246 g/mol. The van der Waals surface area contributed by atoms with Crippen LogP contribution >= 0.6 is 22.7 Å². The van der Waals surface area contributed by atoms with Gasteiger partial charge >= 0.3 is 0 Å². The van der Waals surface area contributed by atoms with Crippen LogP contribution in [0.2, 0.25) is 0 Å². The van der Waals surface area contributed by atoms with Gasteiger partial charge in [-0.05, 0) is 29.8 Å². The standard InChI is InChI=1S/C14H19NS2/c1-11(12-6-4-8-16-12)15-10-14(2,3)13-7-5-9-17-13/h4-9,11,15H,10H2,1-3H3. The summed E-state index contributed by atoms with van der Waals surface area (Å²) in [6.45, 7) is 7.84. The topological polar surface area (TPSA) is 12.0 Å². The molecule has 2 rings (SSSR count). The van der Waals surface area contributed by atoms with Gasteiger partial charge in [-0.15, -0.1) is 22.7 Å². The van der Waals surface area contributed by atoms with Crippen LogP contribution in [0.1, 0.15) is 36.6 Å². The quantitative estimate of drug-likeness (QED) is 0.843. The highest BCUT2D eigenvalue weighted by atomic mass is 32.1. The minimum Gasteiger partial charge on any atom is -0.309 e. The predicted molar refractivity (Wildman–Crippen MR) is 78.1 cm³/mol. The van der Waals surface area contributed by atoms with Crippen LogP contribution in [0.25, 0.3) is 0 Å². The van der Waals surface area contributed by atoms with Gasteiger partial charge in [-0.2, -0.15) is 0 Å². The van der Waals surface area contributed by atoms with Crippen LogP contribution in [0.5, 0.6) is 0 Å². The molecule has 17 heavy (non-hydrogen) atoms. The Morgan fingerprint density at radius 2 is 1.88 bits per heavy atom. The average Bonchev–Trinajstić information content (AvgIpc) is 2.97. The summed E-state index contributed by atoms with van der Waals surface area (Å²) in [7, 11) is 0. The normalized spacial score (nSPS) is 13.8. The van der Waals surface area contributed by atoms with Crippen LogP contribution in [0.3, 0.4) is 0 Å². The zero-order valence-electron chi connectivity index (χ0n) is 10.6.